The lowest BCUT2D eigenvalue weighted by Crippen LogP contribution is -2.42. The molecule has 8 heteroatoms. The van der Waals surface area contributed by atoms with Crippen LogP contribution in [-0.2, 0) is 21.2 Å². The Kier molecular flexibility index (Phi) is 5.73. The highest BCUT2D eigenvalue weighted by atomic mass is 32.2. The Hall–Kier alpha value is -2.19. The number of nitrogens with one attached hydrogen (secondary N) is 1. The van der Waals surface area contributed by atoms with Gasteiger partial charge < -0.3 is 5.32 Å². The fraction of sp³-hybridized carbons (Fsp3) is 0.444. The Morgan fingerprint density at radius 2 is 1.92 bits per heavy atom. The maximum absolute atomic E-state index is 12.3. The number of piperidine rings is 1. The van der Waals surface area contributed by atoms with E-state index in [1.54, 1.807) is 0 Å². The van der Waals surface area contributed by atoms with Gasteiger partial charge in [-0.1, -0.05) is 18.2 Å². The highest BCUT2D eigenvalue weighted by molar-refractivity contribution is 7.88. The number of carbonyl (C=O) groups excluding carboxylic acids is 1. The number of amides is 1. The zero-order valence-corrected chi connectivity index (χ0v) is 15.7. The minimum absolute atomic E-state index is 0.00797. The summed E-state index contributed by atoms with van der Waals surface area (Å²) in [7, 11) is -3.16. The molecule has 0 radical (unpaired) electrons. The molecule has 1 saturated heterocycles. The lowest BCUT2D eigenvalue weighted by molar-refractivity contribution is -0.126. The molecule has 1 aromatic carbocycles. The van der Waals surface area contributed by atoms with Gasteiger partial charge in [0.25, 0.3) is 0 Å². The molecule has 1 amide bonds. The van der Waals surface area contributed by atoms with Gasteiger partial charge >= 0.3 is 0 Å². The molecule has 0 atom stereocenters. The van der Waals surface area contributed by atoms with Crippen molar-refractivity contribution >= 4 is 15.9 Å². The molecule has 140 valence electrons. The predicted octanol–water partition coefficient (Wildman–Crippen LogP) is 1.20. The summed E-state index contributed by atoms with van der Waals surface area (Å²) in [5, 5.41) is 7.31. The van der Waals surface area contributed by atoms with E-state index in [1.807, 2.05) is 47.4 Å². The highest BCUT2D eigenvalue weighted by Gasteiger charge is 2.28. The van der Waals surface area contributed by atoms with Crippen LogP contribution in [0.15, 0.2) is 42.7 Å². The number of nitrogens with zero attached hydrogens (tertiary/aromatic N) is 3. The number of para-hydroxylation sites is 1. The Morgan fingerprint density at radius 1 is 1.23 bits per heavy atom. The normalized spacial score (nSPS) is 16.5. The summed E-state index contributed by atoms with van der Waals surface area (Å²) in [6.07, 6.45) is 6.84. The molecular weight excluding hydrogens is 352 g/mol. The third-order valence-corrected chi connectivity index (χ3v) is 5.97. The van der Waals surface area contributed by atoms with Crippen molar-refractivity contribution in [3.63, 3.8) is 0 Å². The summed E-state index contributed by atoms with van der Waals surface area (Å²) < 4.78 is 26.3. The van der Waals surface area contributed by atoms with Crippen molar-refractivity contribution < 1.29 is 13.2 Å². The summed E-state index contributed by atoms with van der Waals surface area (Å²) >= 11 is 0. The number of hydrogen-bond acceptors (Lipinski definition) is 4. The van der Waals surface area contributed by atoms with Crippen LogP contribution in [0.25, 0.3) is 5.69 Å². The average Bonchev–Trinajstić information content (AvgIpc) is 3.11. The van der Waals surface area contributed by atoms with E-state index in [1.165, 1.54) is 10.6 Å². The molecule has 0 spiro atoms. The summed E-state index contributed by atoms with van der Waals surface area (Å²) in [6, 6.07) is 9.87. The molecule has 0 aliphatic carbocycles. The first kappa shape index (κ1) is 18.6. The number of aromatic nitrogens is 2. The van der Waals surface area contributed by atoms with Gasteiger partial charge in [-0.05, 0) is 37.0 Å². The van der Waals surface area contributed by atoms with Crippen LogP contribution in [0.1, 0.15) is 18.4 Å². The molecule has 1 aliphatic rings. The Bertz CT molecular complexity index is 840. The molecule has 0 saturated carbocycles. The topological polar surface area (TPSA) is 84.3 Å². The summed E-state index contributed by atoms with van der Waals surface area (Å²) in [5.41, 5.74) is 2.06. The molecule has 1 N–H and O–H groups in total. The number of sulfonamides is 1. The highest BCUT2D eigenvalue weighted by Crippen LogP contribution is 2.19. The van der Waals surface area contributed by atoms with E-state index in [9.17, 15) is 13.2 Å². The maximum atomic E-state index is 12.3. The average molecular weight is 376 g/mol. The van der Waals surface area contributed by atoms with Gasteiger partial charge in [0.05, 0.1) is 18.1 Å². The van der Waals surface area contributed by atoms with E-state index < -0.39 is 10.0 Å². The van der Waals surface area contributed by atoms with Crippen LogP contribution in [0.5, 0.6) is 0 Å². The fourth-order valence-corrected chi connectivity index (χ4v) is 4.01. The van der Waals surface area contributed by atoms with Gasteiger partial charge in [0, 0.05) is 31.7 Å². The lowest BCUT2D eigenvalue weighted by Gasteiger charge is -2.29. The van der Waals surface area contributed by atoms with Gasteiger partial charge in [-0.3, -0.25) is 4.79 Å². The molecule has 1 aliphatic heterocycles. The maximum Gasteiger partial charge on any atom is 0.223 e. The van der Waals surface area contributed by atoms with Crippen molar-refractivity contribution in [1.29, 1.82) is 0 Å². The fourth-order valence-electron chi connectivity index (χ4n) is 3.14. The van der Waals surface area contributed by atoms with Crippen LogP contribution in [0, 0.1) is 5.92 Å². The Morgan fingerprint density at radius 3 is 2.58 bits per heavy atom. The first-order chi connectivity index (χ1) is 12.4. The molecular formula is C18H24N4O3S. The number of benzene rings is 1. The van der Waals surface area contributed by atoms with Gasteiger partial charge in [0.15, 0.2) is 0 Å². The van der Waals surface area contributed by atoms with Crippen molar-refractivity contribution in [1.82, 2.24) is 19.4 Å². The second kappa shape index (κ2) is 8.01. The van der Waals surface area contributed by atoms with E-state index in [2.05, 4.69) is 10.4 Å². The van der Waals surface area contributed by atoms with E-state index >= 15 is 0 Å². The van der Waals surface area contributed by atoms with Gasteiger partial charge in [-0.2, -0.15) is 5.10 Å². The monoisotopic (exact) mass is 376 g/mol. The van der Waals surface area contributed by atoms with E-state index in [4.69, 9.17) is 0 Å². The SMILES string of the molecule is CS(=O)(=O)N1CCC(C(=O)NCCc2cnn(-c3ccccc3)c2)CC1. The first-order valence-electron chi connectivity index (χ1n) is 8.75. The number of carbonyl (C=O) groups is 1. The Labute approximate surface area is 154 Å². The minimum Gasteiger partial charge on any atom is -0.356 e. The van der Waals surface area contributed by atoms with Gasteiger partial charge in [0.2, 0.25) is 15.9 Å². The van der Waals surface area contributed by atoms with Crippen LogP contribution in [0.4, 0.5) is 0 Å². The van der Waals surface area contributed by atoms with E-state index in [0.29, 0.717) is 38.9 Å². The van der Waals surface area contributed by atoms with Gasteiger partial charge in [-0.15, -0.1) is 0 Å². The first-order valence-corrected chi connectivity index (χ1v) is 10.6. The van der Waals surface area contributed by atoms with Gasteiger partial charge in [-0.25, -0.2) is 17.4 Å². The minimum atomic E-state index is -3.16. The van der Waals surface area contributed by atoms with Crippen molar-refractivity contribution in [2.75, 3.05) is 25.9 Å². The van der Waals surface area contributed by atoms with Crippen LogP contribution in [0.3, 0.4) is 0 Å². The van der Waals surface area contributed by atoms with Crippen LogP contribution in [0.2, 0.25) is 0 Å². The van der Waals surface area contributed by atoms with E-state index in [0.717, 1.165) is 11.3 Å². The van der Waals surface area contributed by atoms with Crippen LogP contribution in [-0.4, -0.2) is 54.3 Å². The smallest absolute Gasteiger partial charge is 0.223 e. The zero-order chi connectivity index (χ0) is 18.6. The second-order valence-electron chi connectivity index (χ2n) is 6.61. The third kappa shape index (κ3) is 4.70. The molecule has 2 heterocycles. The van der Waals surface area contributed by atoms with Crippen LogP contribution >= 0.6 is 0 Å². The molecule has 1 aromatic heterocycles. The Balaban J connectivity index is 1.44. The molecule has 3 rings (SSSR count). The van der Waals surface area contributed by atoms with E-state index in [-0.39, 0.29) is 11.8 Å². The standard InChI is InChI=1S/C18H24N4O3S/c1-26(24,25)21-11-8-16(9-12-21)18(23)19-10-7-15-13-20-22(14-15)17-5-3-2-4-6-17/h2-6,13-14,16H,7-12H2,1H3,(H,19,23). The molecule has 7 nitrogen and oxygen atoms in total. The predicted molar refractivity (Wildman–Crippen MR) is 99.4 cm³/mol. The van der Waals surface area contributed by atoms with Crippen molar-refractivity contribution in [3.05, 3.63) is 48.3 Å². The third-order valence-electron chi connectivity index (χ3n) is 4.66. The zero-order valence-electron chi connectivity index (χ0n) is 14.8. The molecule has 26 heavy (non-hydrogen) atoms. The van der Waals surface area contributed by atoms with Gasteiger partial charge in [0.1, 0.15) is 0 Å². The lowest BCUT2D eigenvalue weighted by atomic mass is 9.97. The number of hydrogen-bond donors (Lipinski definition) is 1. The second-order valence-corrected chi connectivity index (χ2v) is 8.59. The largest absolute Gasteiger partial charge is 0.356 e. The van der Waals surface area contributed by atoms with Crippen molar-refractivity contribution in [2.24, 2.45) is 5.92 Å². The summed E-state index contributed by atoms with van der Waals surface area (Å²) in [4.78, 5) is 12.3. The van der Waals surface area contributed by atoms with Crippen LogP contribution < -0.4 is 5.32 Å². The number of rotatable bonds is 6. The molecule has 1 fully saturated rings. The molecule has 2 aromatic rings. The molecule has 0 bridgehead atoms. The van der Waals surface area contributed by atoms with Crippen molar-refractivity contribution in [3.8, 4) is 5.69 Å². The quantitative estimate of drug-likeness (QED) is 0.821. The van der Waals surface area contributed by atoms with Crippen molar-refractivity contribution in [2.45, 2.75) is 19.3 Å². The summed E-state index contributed by atoms with van der Waals surface area (Å²) in [6.45, 7) is 1.38. The molecule has 0 unspecified atom stereocenters. The summed E-state index contributed by atoms with van der Waals surface area (Å²) in [5.74, 6) is -0.103.